The lowest BCUT2D eigenvalue weighted by Crippen LogP contribution is -2.33. The molecule has 160 valence electrons. The van der Waals surface area contributed by atoms with Crippen molar-refractivity contribution in [1.29, 1.82) is 0 Å². The number of benzene rings is 2. The maximum Gasteiger partial charge on any atom is 0.255 e. The molecular weight excluding hydrogens is 396 g/mol. The van der Waals surface area contributed by atoms with Crippen LogP contribution in [0.15, 0.2) is 42.5 Å². The van der Waals surface area contributed by atoms with E-state index in [1.54, 1.807) is 49.6 Å². The number of carbonyl (C=O) groups excluding carboxylic acids is 3. The summed E-state index contributed by atoms with van der Waals surface area (Å²) in [5.74, 6) is 0.746. The van der Waals surface area contributed by atoms with E-state index in [9.17, 15) is 14.4 Å². The minimum Gasteiger partial charge on any atom is -0.497 e. The van der Waals surface area contributed by atoms with Crippen molar-refractivity contribution in [3.63, 3.8) is 0 Å². The van der Waals surface area contributed by atoms with Gasteiger partial charge in [0, 0.05) is 11.6 Å². The molecule has 0 radical (unpaired) electrons. The number of nitrogens with one attached hydrogen (secondary N) is 1. The van der Waals surface area contributed by atoms with E-state index in [4.69, 9.17) is 9.47 Å². The molecule has 0 unspecified atom stereocenters. The van der Waals surface area contributed by atoms with Gasteiger partial charge in [0.05, 0.1) is 37.4 Å². The summed E-state index contributed by atoms with van der Waals surface area (Å²) in [4.78, 5) is 40.4. The molecule has 2 aromatic carbocycles. The normalized spacial score (nSPS) is 26.2. The van der Waals surface area contributed by atoms with Crippen LogP contribution < -0.4 is 19.7 Å². The molecule has 4 atom stereocenters. The van der Waals surface area contributed by atoms with E-state index in [1.165, 1.54) is 12.0 Å². The van der Waals surface area contributed by atoms with Crippen molar-refractivity contribution in [2.45, 2.75) is 19.3 Å². The maximum absolute atomic E-state index is 13.1. The number of rotatable bonds is 5. The van der Waals surface area contributed by atoms with Crippen LogP contribution in [0.3, 0.4) is 0 Å². The summed E-state index contributed by atoms with van der Waals surface area (Å²) >= 11 is 0. The van der Waals surface area contributed by atoms with Gasteiger partial charge >= 0.3 is 0 Å². The van der Waals surface area contributed by atoms with Gasteiger partial charge in [-0.25, -0.2) is 0 Å². The van der Waals surface area contributed by atoms with E-state index in [0.29, 0.717) is 40.3 Å². The molecule has 3 fully saturated rings. The third-order valence-corrected chi connectivity index (χ3v) is 6.95. The van der Waals surface area contributed by atoms with Gasteiger partial charge < -0.3 is 14.8 Å². The molecule has 0 aromatic heterocycles. The molecule has 7 heteroatoms. The van der Waals surface area contributed by atoms with E-state index in [2.05, 4.69) is 5.32 Å². The van der Waals surface area contributed by atoms with Crippen molar-refractivity contribution in [2.24, 2.45) is 23.7 Å². The predicted molar refractivity (Wildman–Crippen MR) is 114 cm³/mol. The Morgan fingerprint density at radius 3 is 2.32 bits per heavy atom. The lowest BCUT2D eigenvalue weighted by atomic mass is 9.81. The minimum absolute atomic E-state index is 0.116. The number of anilines is 2. The number of hydrogen-bond acceptors (Lipinski definition) is 5. The third kappa shape index (κ3) is 3.07. The predicted octanol–water partition coefficient (Wildman–Crippen LogP) is 3.49. The zero-order valence-corrected chi connectivity index (χ0v) is 17.5. The number of carbonyl (C=O) groups is 3. The number of imide groups is 1. The molecule has 7 nitrogen and oxygen atoms in total. The highest BCUT2D eigenvalue weighted by molar-refractivity contribution is 6.23. The molecule has 0 spiro atoms. The standard InChI is InChI=1S/C24H24N2O5/c1-30-17-8-9-19(31-2)18(12-17)25-22(27)15-4-3-5-16(11-15)26-23(28)20-13-6-7-14(10-13)21(20)24(26)29/h3-5,8-9,11-14,20-21H,6-7,10H2,1-2H3,(H,25,27)/t13-,14-,20+,21+/m0/s1. The van der Waals surface area contributed by atoms with Gasteiger partial charge in [0.1, 0.15) is 11.5 Å². The van der Waals surface area contributed by atoms with E-state index in [1.807, 2.05) is 0 Å². The maximum atomic E-state index is 13.1. The second-order valence-corrected chi connectivity index (χ2v) is 8.47. The average molecular weight is 420 g/mol. The molecule has 2 saturated carbocycles. The summed E-state index contributed by atoms with van der Waals surface area (Å²) in [6.07, 6.45) is 3.05. The first-order valence-corrected chi connectivity index (χ1v) is 10.5. The highest BCUT2D eigenvalue weighted by Gasteiger charge is 2.61. The Kier molecular flexibility index (Phi) is 4.68. The van der Waals surface area contributed by atoms with Crippen molar-refractivity contribution in [3.05, 3.63) is 48.0 Å². The van der Waals surface area contributed by atoms with Gasteiger partial charge in [-0.05, 0) is 61.4 Å². The van der Waals surface area contributed by atoms with Crippen molar-refractivity contribution in [1.82, 2.24) is 0 Å². The Morgan fingerprint density at radius 1 is 0.968 bits per heavy atom. The zero-order chi connectivity index (χ0) is 21.7. The molecule has 2 aromatic rings. The summed E-state index contributed by atoms with van der Waals surface area (Å²) in [5.41, 5.74) is 1.27. The number of ether oxygens (including phenoxy) is 2. The largest absolute Gasteiger partial charge is 0.497 e. The van der Waals surface area contributed by atoms with Crippen LogP contribution in [0.5, 0.6) is 11.5 Å². The second-order valence-electron chi connectivity index (χ2n) is 8.47. The highest BCUT2D eigenvalue weighted by atomic mass is 16.5. The fourth-order valence-corrected chi connectivity index (χ4v) is 5.56. The molecule has 5 rings (SSSR count). The Hall–Kier alpha value is -3.35. The van der Waals surface area contributed by atoms with Gasteiger partial charge in [0.2, 0.25) is 11.8 Å². The summed E-state index contributed by atoms with van der Waals surface area (Å²) in [6, 6.07) is 11.8. The third-order valence-electron chi connectivity index (χ3n) is 6.95. The average Bonchev–Trinajstić information content (AvgIpc) is 3.47. The number of methoxy groups -OCH3 is 2. The Balaban J connectivity index is 1.41. The summed E-state index contributed by atoms with van der Waals surface area (Å²) in [7, 11) is 3.06. The Bertz CT molecular complexity index is 1050. The lowest BCUT2D eigenvalue weighted by molar-refractivity contribution is -0.123. The van der Waals surface area contributed by atoms with Crippen LogP contribution >= 0.6 is 0 Å². The van der Waals surface area contributed by atoms with Crippen LogP contribution in [0.1, 0.15) is 29.6 Å². The number of fused-ring (bicyclic) bond motifs is 5. The molecule has 31 heavy (non-hydrogen) atoms. The zero-order valence-electron chi connectivity index (χ0n) is 17.5. The second kappa shape index (κ2) is 7.41. The number of amides is 3. The molecule has 1 saturated heterocycles. The van der Waals surface area contributed by atoms with Crippen molar-refractivity contribution < 1.29 is 23.9 Å². The van der Waals surface area contributed by atoms with E-state index >= 15 is 0 Å². The van der Waals surface area contributed by atoms with Crippen LogP contribution in [0, 0.1) is 23.7 Å². The first-order valence-electron chi connectivity index (χ1n) is 10.5. The first-order chi connectivity index (χ1) is 15.0. The van der Waals surface area contributed by atoms with Crippen molar-refractivity contribution >= 4 is 29.1 Å². The van der Waals surface area contributed by atoms with Gasteiger partial charge in [-0.1, -0.05) is 6.07 Å². The molecule has 1 N–H and O–H groups in total. The first kappa shape index (κ1) is 19.6. The summed E-state index contributed by atoms with van der Waals surface area (Å²) in [6.45, 7) is 0. The van der Waals surface area contributed by atoms with Crippen molar-refractivity contribution in [2.75, 3.05) is 24.4 Å². The van der Waals surface area contributed by atoms with Gasteiger partial charge in [0.15, 0.2) is 0 Å². The smallest absolute Gasteiger partial charge is 0.255 e. The Morgan fingerprint density at radius 2 is 1.68 bits per heavy atom. The molecule has 2 aliphatic carbocycles. The van der Waals surface area contributed by atoms with Crippen LogP contribution in [-0.2, 0) is 9.59 Å². The summed E-state index contributed by atoms with van der Waals surface area (Å²) < 4.78 is 10.5. The van der Waals surface area contributed by atoms with Gasteiger partial charge in [-0.15, -0.1) is 0 Å². The van der Waals surface area contributed by atoms with Crippen molar-refractivity contribution in [3.8, 4) is 11.5 Å². The number of nitrogens with zero attached hydrogens (tertiary/aromatic N) is 1. The fourth-order valence-electron chi connectivity index (χ4n) is 5.56. The molecule has 1 heterocycles. The van der Waals surface area contributed by atoms with Crippen LogP contribution in [-0.4, -0.2) is 31.9 Å². The number of hydrogen-bond donors (Lipinski definition) is 1. The SMILES string of the molecule is COc1ccc(OC)c(NC(=O)c2cccc(N3C(=O)[C@@H]4[C@H]5CC[C@@H](C5)[C@H]4C3=O)c2)c1. The lowest BCUT2D eigenvalue weighted by Gasteiger charge is -2.19. The van der Waals surface area contributed by atoms with Crippen LogP contribution in [0.2, 0.25) is 0 Å². The van der Waals surface area contributed by atoms with Crippen LogP contribution in [0.25, 0.3) is 0 Å². The van der Waals surface area contributed by atoms with Gasteiger partial charge in [0.25, 0.3) is 5.91 Å². The highest BCUT2D eigenvalue weighted by Crippen LogP contribution is 2.56. The minimum atomic E-state index is -0.368. The van der Waals surface area contributed by atoms with Gasteiger partial charge in [-0.3, -0.25) is 19.3 Å². The topological polar surface area (TPSA) is 84.9 Å². The van der Waals surface area contributed by atoms with Crippen LogP contribution in [0.4, 0.5) is 11.4 Å². The van der Waals surface area contributed by atoms with E-state index in [0.717, 1.165) is 19.3 Å². The summed E-state index contributed by atoms with van der Waals surface area (Å²) in [5, 5.41) is 2.82. The quantitative estimate of drug-likeness (QED) is 0.749. The molecule has 3 amide bonds. The molecule has 3 aliphatic rings. The van der Waals surface area contributed by atoms with Gasteiger partial charge in [-0.2, -0.15) is 0 Å². The van der Waals surface area contributed by atoms with E-state index < -0.39 is 0 Å². The van der Waals surface area contributed by atoms with E-state index in [-0.39, 0.29) is 29.6 Å². The molecule has 1 aliphatic heterocycles. The molecular formula is C24H24N2O5. The molecule has 2 bridgehead atoms. The fraction of sp³-hybridized carbons (Fsp3) is 0.375. The monoisotopic (exact) mass is 420 g/mol. The Labute approximate surface area is 180 Å².